The highest BCUT2D eigenvalue weighted by molar-refractivity contribution is 6.06. The van der Waals surface area contributed by atoms with Gasteiger partial charge in [0.2, 0.25) is 5.91 Å². The number of hydrogen-bond donors (Lipinski definition) is 2. The number of Topliss-reactive ketones (excluding diaryl/α,β-unsaturated/α-hetero) is 1. The quantitative estimate of drug-likeness (QED) is 0.689. The predicted octanol–water partition coefficient (Wildman–Crippen LogP) is 1.95. The standard InChI is InChI=1S/C25H26N2O6/c1-26-11-10-24-19-15-4-5-17(28)21(19)33-23(24)16(7-9-25(24,31)22(26)20(15)30)27(2)18(29)6-3-14-8-12-32-13-14/h3-6,8,12-13,16,22-23,28,31H,7,9-11H2,1-2H3/b6-3+/t16?,22-,23?,24+,25-/m1/s1. The van der Waals surface area contributed by atoms with E-state index in [1.807, 2.05) is 11.9 Å². The number of piperidine rings is 1. The number of benzene rings is 1. The highest BCUT2D eigenvalue weighted by atomic mass is 16.5. The molecule has 0 radical (unpaired) electrons. The van der Waals surface area contributed by atoms with Crippen molar-refractivity contribution in [3.63, 3.8) is 0 Å². The van der Waals surface area contributed by atoms with E-state index in [4.69, 9.17) is 9.15 Å². The van der Waals surface area contributed by atoms with Gasteiger partial charge >= 0.3 is 0 Å². The van der Waals surface area contributed by atoms with Crippen LogP contribution >= 0.6 is 0 Å². The number of hydrogen-bond acceptors (Lipinski definition) is 7. The second-order valence-corrected chi connectivity index (χ2v) is 9.71. The first-order chi connectivity index (χ1) is 15.8. The van der Waals surface area contributed by atoms with Crippen LogP contribution in [0.3, 0.4) is 0 Å². The molecular weight excluding hydrogens is 424 g/mol. The van der Waals surface area contributed by atoms with Gasteiger partial charge in [-0.2, -0.15) is 0 Å². The molecule has 1 amide bonds. The zero-order chi connectivity index (χ0) is 23.1. The molecule has 2 bridgehead atoms. The molecule has 1 aromatic carbocycles. The molecule has 1 aromatic heterocycles. The molecule has 33 heavy (non-hydrogen) atoms. The molecule has 8 nitrogen and oxygen atoms in total. The van der Waals surface area contributed by atoms with Crippen LogP contribution < -0.4 is 4.74 Å². The van der Waals surface area contributed by atoms with Crippen molar-refractivity contribution in [3.8, 4) is 11.5 Å². The lowest BCUT2D eigenvalue weighted by Gasteiger charge is -2.63. The van der Waals surface area contributed by atoms with Crippen LogP contribution in [0.2, 0.25) is 0 Å². The fourth-order valence-corrected chi connectivity index (χ4v) is 6.81. The smallest absolute Gasteiger partial charge is 0.246 e. The van der Waals surface area contributed by atoms with E-state index in [1.54, 1.807) is 42.7 Å². The van der Waals surface area contributed by atoms with Gasteiger partial charge in [0.25, 0.3) is 0 Å². The van der Waals surface area contributed by atoms with Crippen LogP contribution in [-0.4, -0.2) is 76.1 Å². The molecule has 2 aromatic rings. The van der Waals surface area contributed by atoms with Crippen molar-refractivity contribution in [1.82, 2.24) is 9.80 Å². The molecule has 1 saturated carbocycles. The molecule has 1 spiro atoms. The number of carbonyl (C=O) groups excluding carboxylic acids is 2. The lowest BCUT2D eigenvalue weighted by molar-refractivity contribution is -0.184. The zero-order valence-electron chi connectivity index (χ0n) is 18.5. The topological polar surface area (TPSA) is 103 Å². The summed E-state index contributed by atoms with van der Waals surface area (Å²) in [4.78, 5) is 30.1. The number of likely N-dealkylation sites (N-methyl/N-ethyl adjacent to an activating group) is 2. The van der Waals surface area contributed by atoms with Gasteiger partial charge in [0.05, 0.1) is 24.0 Å². The molecule has 6 rings (SSSR count). The number of furan rings is 1. The minimum atomic E-state index is -1.33. The second kappa shape index (κ2) is 6.71. The van der Waals surface area contributed by atoms with E-state index in [-0.39, 0.29) is 29.2 Å². The third-order valence-electron chi connectivity index (χ3n) is 8.33. The van der Waals surface area contributed by atoms with Gasteiger partial charge < -0.3 is 24.3 Å². The van der Waals surface area contributed by atoms with Gasteiger partial charge in [-0.15, -0.1) is 0 Å². The molecule has 3 heterocycles. The Hall–Kier alpha value is -3.10. The van der Waals surface area contributed by atoms with Crippen LogP contribution in [0.4, 0.5) is 0 Å². The van der Waals surface area contributed by atoms with Gasteiger partial charge in [0, 0.05) is 29.8 Å². The minimum absolute atomic E-state index is 0.0439. The summed E-state index contributed by atoms with van der Waals surface area (Å²) in [5.41, 5.74) is -0.296. The Balaban J connectivity index is 1.45. The zero-order valence-corrected chi connectivity index (χ0v) is 18.5. The van der Waals surface area contributed by atoms with E-state index in [0.717, 1.165) is 5.56 Å². The monoisotopic (exact) mass is 450 g/mol. The van der Waals surface area contributed by atoms with Crippen LogP contribution in [0.25, 0.3) is 6.08 Å². The van der Waals surface area contributed by atoms with E-state index < -0.39 is 23.2 Å². The Labute approximate surface area is 191 Å². The number of ketones is 1. The number of ether oxygens (including phenoxy) is 1. The molecule has 2 unspecified atom stereocenters. The van der Waals surface area contributed by atoms with Gasteiger partial charge in [0.15, 0.2) is 17.3 Å². The number of aliphatic hydroxyl groups is 1. The summed E-state index contributed by atoms with van der Waals surface area (Å²) in [5.74, 6) is -0.100. The third kappa shape index (κ3) is 2.42. The van der Waals surface area contributed by atoms with Crippen LogP contribution in [0.1, 0.15) is 40.7 Å². The Morgan fingerprint density at radius 2 is 2.12 bits per heavy atom. The summed E-state index contributed by atoms with van der Waals surface area (Å²) >= 11 is 0. The molecule has 1 saturated heterocycles. The third-order valence-corrected chi connectivity index (χ3v) is 8.33. The highest BCUT2D eigenvalue weighted by Gasteiger charge is 2.75. The van der Waals surface area contributed by atoms with Crippen LogP contribution in [0, 0.1) is 0 Å². The van der Waals surface area contributed by atoms with Crippen molar-refractivity contribution < 1.29 is 29.0 Å². The van der Waals surface area contributed by atoms with Gasteiger partial charge in [-0.25, -0.2) is 0 Å². The normalized spacial score (nSPS) is 34.3. The molecule has 172 valence electrons. The van der Waals surface area contributed by atoms with Gasteiger partial charge in [-0.1, -0.05) is 0 Å². The maximum Gasteiger partial charge on any atom is 0.246 e. The maximum absolute atomic E-state index is 13.5. The first-order valence-electron chi connectivity index (χ1n) is 11.3. The van der Waals surface area contributed by atoms with E-state index in [0.29, 0.717) is 36.9 Å². The van der Waals surface area contributed by atoms with E-state index in [9.17, 15) is 19.8 Å². The fraction of sp³-hybridized carbons (Fsp3) is 0.440. The lowest BCUT2D eigenvalue weighted by Crippen LogP contribution is -2.79. The van der Waals surface area contributed by atoms with E-state index >= 15 is 0 Å². The van der Waals surface area contributed by atoms with Crippen molar-refractivity contribution in [3.05, 3.63) is 53.5 Å². The Morgan fingerprint density at radius 1 is 1.30 bits per heavy atom. The SMILES string of the molecule is CN(C(=O)/C=C/c1ccoc1)C1CC[C@@]2(O)[C@H]3C(=O)c4ccc(O)c5c4[C@@]2(CCN3C)C1O5. The number of rotatable bonds is 3. The van der Waals surface area contributed by atoms with E-state index in [1.165, 1.54) is 12.1 Å². The van der Waals surface area contributed by atoms with Crippen molar-refractivity contribution in [1.29, 1.82) is 0 Å². The second-order valence-electron chi connectivity index (χ2n) is 9.71. The van der Waals surface area contributed by atoms with Crippen LogP contribution in [-0.2, 0) is 10.2 Å². The minimum Gasteiger partial charge on any atom is -0.504 e. The number of phenols is 1. The first-order valence-corrected chi connectivity index (χ1v) is 11.3. The molecule has 4 aliphatic rings. The number of carbonyl (C=O) groups is 2. The molecule has 2 aliphatic carbocycles. The largest absolute Gasteiger partial charge is 0.504 e. The van der Waals surface area contributed by atoms with Crippen molar-refractivity contribution in [2.24, 2.45) is 0 Å². The van der Waals surface area contributed by atoms with Gasteiger partial charge in [0.1, 0.15) is 17.7 Å². The Bertz CT molecular complexity index is 1190. The fourth-order valence-electron chi connectivity index (χ4n) is 6.81. The number of aromatic hydroxyl groups is 1. The average molecular weight is 450 g/mol. The number of nitrogens with zero attached hydrogens (tertiary/aromatic N) is 2. The molecule has 2 fully saturated rings. The Kier molecular flexibility index (Phi) is 4.17. The van der Waals surface area contributed by atoms with Gasteiger partial charge in [-0.3, -0.25) is 14.5 Å². The van der Waals surface area contributed by atoms with Crippen LogP contribution in [0.5, 0.6) is 11.5 Å². The number of phenolic OH excluding ortho intramolecular Hbond substituents is 1. The highest BCUT2D eigenvalue weighted by Crippen LogP contribution is 2.65. The summed E-state index contributed by atoms with van der Waals surface area (Å²) in [6, 6.07) is 3.88. The Morgan fingerprint density at radius 3 is 2.88 bits per heavy atom. The van der Waals surface area contributed by atoms with Crippen molar-refractivity contribution in [2.75, 3.05) is 20.6 Å². The first kappa shape index (κ1) is 20.5. The predicted molar refractivity (Wildman–Crippen MR) is 118 cm³/mol. The average Bonchev–Trinajstić information content (AvgIpc) is 3.43. The molecule has 2 aliphatic heterocycles. The van der Waals surface area contributed by atoms with Crippen LogP contribution in [0.15, 0.2) is 41.2 Å². The summed E-state index contributed by atoms with van der Waals surface area (Å²) in [6.07, 6.45) is 7.13. The van der Waals surface area contributed by atoms with Gasteiger partial charge in [-0.05, 0) is 57.1 Å². The molecular formula is C25H26N2O6. The summed E-state index contributed by atoms with van der Waals surface area (Å²) in [7, 11) is 3.61. The molecule has 2 N–H and O–H groups in total. The van der Waals surface area contributed by atoms with E-state index in [2.05, 4.69) is 0 Å². The lowest BCUT2D eigenvalue weighted by atomic mass is 9.48. The summed E-state index contributed by atoms with van der Waals surface area (Å²) in [5, 5.41) is 22.8. The number of amides is 1. The maximum atomic E-state index is 13.5. The molecule has 8 heteroatoms. The summed E-state index contributed by atoms with van der Waals surface area (Å²) in [6.45, 7) is 0.609. The number of likely N-dealkylation sites (tertiary alicyclic amines) is 1. The van der Waals surface area contributed by atoms with Crippen molar-refractivity contribution in [2.45, 2.75) is 48.5 Å². The molecule has 5 atom stereocenters. The van der Waals surface area contributed by atoms with Crippen molar-refractivity contribution >= 4 is 17.8 Å². The summed E-state index contributed by atoms with van der Waals surface area (Å²) < 4.78 is 11.4.